The number of halogens is 2. The number of carbonyl (C=O) groups is 2. The number of hydrogen-bond donors (Lipinski definition) is 1. The van der Waals surface area contributed by atoms with Gasteiger partial charge in [0.2, 0.25) is 0 Å². The SMILES string of the molecule is C=C1C(=O)C(C)(C)C(=O)C(c2cc(-c3ccc(Cl)cc3Cl)ccc2CC)=C1O. The number of hydrogen-bond acceptors (Lipinski definition) is 3. The lowest BCUT2D eigenvalue weighted by atomic mass is 9.70. The van der Waals surface area contributed by atoms with Crippen molar-refractivity contribution in [1.29, 1.82) is 0 Å². The number of aliphatic hydroxyl groups is 1. The first-order valence-corrected chi connectivity index (χ1v) is 9.66. The molecule has 1 aliphatic carbocycles. The van der Waals surface area contributed by atoms with E-state index in [9.17, 15) is 14.7 Å². The van der Waals surface area contributed by atoms with Crippen LogP contribution in [0.5, 0.6) is 0 Å². The van der Waals surface area contributed by atoms with Crippen molar-refractivity contribution in [2.45, 2.75) is 27.2 Å². The van der Waals surface area contributed by atoms with E-state index >= 15 is 0 Å². The summed E-state index contributed by atoms with van der Waals surface area (Å²) in [5.41, 5.74) is 1.79. The smallest absolute Gasteiger partial charge is 0.180 e. The van der Waals surface area contributed by atoms with Crippen molar-refractivity contribution in [3.8, 4) is 11.1 Å². The predicted octanol–water partition coefficient (Wildman–Crippen LogP) is 6.23. The summed E-state index contributed by atoms with van der Waals surface area (Å²) in [5.74, 6) is -1.24. The fraction of sp³-hybridized carbons (Fsp3) is 0.217. The summed E-state index contributed by atoms with van der Waals surface area (Å²) in [6.45, 7) is 8.77. The zero-order valence-electron chi connectivity index (χ0n) is 15.9. The molecule has 0 atom stereocenters. The standard InChI is InChI=1S/C23H20Cl2O3/c1-5-13-6-7-14(16-9-8-15(24)11-18(16)25)10-17(13)19-20(26)12(2)21(27)23(3,4)22(19)28/h6-11,26H,2,5H2,1,3-4H3. The zero-order chi connectivity index (χ0) is 20.8. The second kappa shape index (κ2) is 7.23. The van der Waals surface area contributed by atoms with Crippen LogP contribution in [0.2, 0.25) is 10.0 Å². The van der Waals surface area contributed by atoms with E-state index in [4.69, 9.17) is 23.2 Å². The Bertz CT molecular complexity index is 1060. The Morgan fingerprint density at radius 3 is 2.29 bits per heavy atom. The van der Waals surface area contributed by atoms with E-state index in [2.05, 4.69) is 6.58 Å². The minimum Gasteiger partial charge on any atom is -0.506 e. The molecule has 2 aromatic carbocycles. The van der Waals surface area contributed by atoms with Crippen LogP contribution in [0.4, 0.5) is 0 Å². The summed E-state index contributed by atoms with van der Waals surface area (Å²) in [7, 11) is 0. The van der Waals surface area contributed by atoms with E-state index in [0.717, 1.165) is 16.7 Å². The Balaban J connectivity index is 2.28. The van der Waals surface area contributed by atoms with Gasteiger partial charge in [0.05, 0.1) is 16.6 Å². The van der Waals surface area contributed by atoms with Gasteiger partial charge in [-0.1, -0.05) is 54.9 Å². The summed E-state index contributed by atoms with van der Waals surface area (Å²) in [6, 6.07) is 10.8. The van der Waals surface area contributed by atoms with Crippen LogP contribution in [0.3, 0.4) is 0 Å². The maximum atomic E-state index is 13.1. The molecule has 2 aromatic rings. The first kappa shape index (κ1) is 20.4. The van der Waals surface area contributed by atoms with Crippen LogP contribution in [0.15, 0.2) is 54.3 Å². The second-order valence-electron chi connectivity index (χ2n) is 7.34. The predicted molar refractivity (Wildman–Crippen MR) is 114 cm³/mol. The van der Waals surface area contributed by atoms with Gasteiger partial charge in [0, 0.05) is 15.6 Å². The maximum absolute atomic E-state index is 13.1. The van der Waals surface area contributed by atoms with E-state index in [-0.39, 0.29) is 16.9 Å². The highest BCUT2D eigenvalue weighted by Crippen LogP contribution is 2.41. The largest absolute Gasteiger partial charge is 0.506 e. The summed E-state index contributed by atoms with van der Waals surface area (Å²) < 4.78 is 0. The van der Waals surface area contributed by atoms with Gasteiger partial charge in [-0.3, -0.25) is 9.59 Å². The van der Waals surface area contributed by atoms with Crippen LogP contribution in [0.25, 0.3) is 16.7 Å². The minimum atomic E-state index is -1.28. The summed E-state index contributed by atoms with van der Waals surface area (Å²) in [4.78, 5) is 25.5. The van der Waals surface area contributed by atoms with E-state index in [1.807, 2.05) is 25.1 Å². The molecule has 0 fully saturated rings. The molecule has 144 valence electrons. The third-order valence-electron chi connectivity index (χ3n) is 5.16. The molecular formula is C23H20Cl2O3. The molecule has 28 heavy (non-hydrogen) atoms. The second-order valence-corrected chi connectivity index (χ2v) is 8.18. The van der Waals surface area contributed by atoms with Crippen LogP contribution >= 0.6 is 23.2 Å². The molecule has 0 saturated heterocycles. The number of carbonyl (C=O) groups excluding carboxylic acids is 2. The number of aryl methyl sites for hydroxylation is 1. The Hall–Kier alpha value is -2.36. The van der Waals surface area contributed by atoms with Crippen LogP contribution < -0.4 is 0 Å². The lowest BCUT2D eigenvalue weighted by Gasteiger charge is -2.30. The average Bonchev–Trinajstić information content (AvgIpc) is 2.65. The van der Waals surface area contributed by atoms with Crippen LogP contribution in [0, 0.1) is 5.41 Å². The van der Waals surface area contributed by atoms with Gasteiger partial charge in [-0.15, -0.1) is 0 Å². The Kier molecular flexibility index (Phi) is 5.26. The molecule has 3 rings (SSSR count). The van der Waals surface area contributed by atoms with Crippen molar-refractivity contribution >= 4 is 40.3 Å². The van der Waals surface area contributed by atoms with Crippen molar-refractivity contribution < 1.29 is 14.7 Å². The average molecular weight is 415 g/mol. The quantitative estimate of drug-likeness (QED) is 0.478. The molecule has 0 unspecified atom stereocenters. The molecule has 0 aromatic heterocycles. The van der Waals surface area contributed by atoms with Gasteiger partial charge < -0.3 is 5.11 Å². The first-order valence-electron chi connectivity index (χ1n) is 8.90. The van der Waals surface area contributed by atoms with Crippen molar-refractivity contribution in [2.75, 3.05) is 0 Å². The number of Topliss-reactive ketones (excluding diaryl/α,β-unsaturated/α-hetero) is 2. The van der Waals surface area contributed by atoms with Gasteiger partial charge in [0.1, 0.15) is 5.76 Å². The summed E-state index contributed by atoms with van der Waals surface area (Å²) in [5, 5.41) is 11.6. The van der Waals surface area contributed by atoms with Gasteiger partial charge in [0.25, 0.3) is 0 Å². The van der Waals surface area contributed by atoms with E-state index in [1.165, 1.54) is 0 Å². The van der Waals surface area contributed by atoms with Crippen molar-refractivity contribution in [3.63, 3.8) is 0 Å². The number of rotatable bonds is 3. The lowest BCUT2D eigenvalue weighted by molar-refractivity contribution is -0.133. The molecule has 0 spiro atoms. The Labute approximate surface area is 174 Å². The third-order valence-corrected chi connectivity index (χ3v) is 5.71. The first-order chi connectivity index (χ1) is 13.1. The molecule has 0 heterocycles. The Morgan fingerprint density at radius 2 is 1.68 bits per heavy atom. The van der Waals surface area contributed by atoms with E-state index in [1.54, 1.807) is 32.0 Å². The highest BCUT2D eigenvalue weighted by atomic mass is 35.5. The number of aliphatic hydroxyl groups excluding tert-OH is 1. The summed E-state index contributed by atoms with van der Waals surface area (Å²) >= 11 is 12.3. The van der Waals surface area contributed by atoms with Crippen LogP contribution in [-0.4, -0.2) is 16.7 Å². The maximum Gasteiger partial charge on any atom is 0.180 e. The monoisotopic (exact) mass is 414 g/mol. The van der Waals surface area contributed by atoms with E-state index in [0.29, 0.717) is 22.0 Å². The molecule has 0 aliphatic heterocycles. The topological polar surface area (TPSA) is 54.4 Å². The molecule has 5 heteroatoms. The fourth-order valence-corrected chi connectivity index (χ4v) is 3.93. The molecule has 1 aliphatic rings. The highest BCUT2D eigenvalue weighted by Gasteiger charge is 2.46. The molecule has 3 nitrogen and oxygen atoms in total. The van der Waals surface area contributed by atoms with Gasteiger partial charge >= 0.3 is 0 Å². The Morgan fingerprint density at radius 1 is 1.00 bits per heavy atom. The van der Waals surface area contributed by atoms with Gasteiger partial charge in [0.15, 0.2) is 11.6 Å². The van der Waals surface area contributed by atoms with Gasteiger partial charge in [-0.05, 0) is 55.2 Å². The molecule has 1 N–H and O–H groups in total. The van der Waals surface area contributed by atoms with Crippen molar-refractivity contribution in [1.82, 2.24) is 0 Å². The number of allylic oxidation sites excluding steroid dienone is 2. The summed E-state index contributed by atoms with van der Waals surface area (Å²) in [6.07, 6.45) is 0.648. The van der Waals surface area contributed by atoms with Gasteiger partial charge in [-0.25, -0.2) is 0 Å². The molecule has 0 radical (unpaired) electrons. The molecule has 0 saturated carbocycles. The van der Waals surface area contributed by atoms with Crippen LogP contribution in [0.1, 0.15) is 31.9 Å². The minimum absolute atomic E-state index is 0.0448. The molecule has 0 amide bonds. The van der Waals surface area contributed by atoms with E-state index < -0.39 is 17.0 Å². The highest BCUT2D eigenvalue weighted by molar-refractivity contribution is 6.37. The zero-order valence-corrected chi connectivity index (χ0v) is 17.4. The fourth-order valence-electron chi connectivity index (χ4n) is 3.42. The van der Waals surface area contributed by atoms with Crippen molar-refractivity contribution in [3.05, 3.63) is 75.5 Å². The normalized spacial score (nSPS) is 16.7. The molecular weight excluding hydrogens is 395 g/mol. The third kappa shape index (κ3) is 3.19. The van der Waals surface area contributed by atoms with Crippen molar-refractivity contribution in [2.24, 2.45) is 5.41 Å². The lowest BCUT2D eigenvalue weighted by Crippen LogP contribution is -2.39. The number of benzene rings is 2. The van der Waals surface area contributed by atoms with Crippen LogP contribution in [-0.2, 0) is 16.0 Å². The molecule has 0 bridgehead atoms. The number of ketones is 2. The van der Waals surface area contributed by atoms with Gasteiger partial charge in [-0.2, -0.15) is 0 Å².